The molecule has 1 amide bonds. The fourth-order valence-electron chi connectivity index (χ4n) is 3.11. The van der Waals surface area contributed by atoms with E-state index in [-0.39, 0.29) is 11.5 Å². The number of hydrazone groups is 1. The molecule has 1 N–H and O–H groups in total. The first-order valence-corrected chi connectivity index (χ1v) is 12.5. The number of benzene rings is 3. The van der Waals surface area contributed by atoms with Crippen molar-refractivity contribution in [2.24, 2.45) is 5.10 Å². The Kier molecular flexibility index (Phi) is 9.04. The number of nitrogens with one attached hydrogen (secondary N) is 1. The molecule has 0 radical (unpaired) electrons. The lowest BCUT2D eigenvalue weighted by Gasteiger charge is -2.25. The number of halogens is 1. The number of anilines is 1. The number of hydrogen-bond acceptors (Lipinski definition) is 7. The van der Waals surface area contributed by atoms with E-state index < -0.39 is 28.4 Å². The standard InChI is InChI=1S/C25H24ClN3O6S/c1-18-14-20(26)10-13-23(18)29(36(32,33)22-6-4-3-5-7-22)16-24(30)28-27-15-19-8-11-21(12-9-19)35-17-25(31)34-2/h3-15H,16-17H2,1-2H3,(H,28,30)/b27-15-. The number of sulfonamides is 1. The van der Waals surface area contributed by atoms with Gasteiger partial charge in [0.15, 0.2) is 6.61 Å². The summed E-state index contributed by atoms with van der Waals surface area (Å²) in [6.07, 6.45) is 1.39. The molecule has 0 saturated heterocycles. The highest BCUT2D eigenvalue weighted by Crippen LogP contribution is 2.28. The first-order valence-electron chi connectivity index (χ1n) is 10.7. The number of hydrogen-bond donors (Lipinski definition) is 1. The van der Waals surface area contributed by atoms with Crippen molar-refractivity contribution in [3.8, 4) is 5.75 Å². The van der Waals surface area contributed by atoms with Crippen LogP contribution in [0.2, 0.25) is 5.02 Å². The molecule has 0 aliphatic heterocycles. The molecule has 3 aromatic rings. The molecule has 11 heteroatoms. The predicted octanol–water partition coefficient (Wildman–Crippen LogP) is 3.55. The Morgan fingerprint density at radius 3 is 2.39 bits per heavy atom. The molecule has 0 atom stereocenters. The van der Waals surface area contributed by atoms with Crippen molar-refractivity contribution in [2.45, 2.75) is 11.8 Å². The van der Waals surface area contributed by atoms with E-state index in [1.165, 1.54) is 25.5 Å². The molecular formula is C25H24ClN3O6S. The van der Waals surface area contributed by atoms with Crippen LogP contribution in [-0.2, 0) is 24.3 Å². The van der Waals surface area contributed by atoms with Crippen molar-refractivity contribution in [2.75, 3.05) is 24.6 Å². The van der Waals surface area contributed by atoms with Crippen LogP contribution in [0.3, 0.4) is 0 Å². The van der Waals surface area contributed by atoms with Crippen LogP contribution < -0.4 is 14.5 Å². The number of esters is 1. The van der Waals surface area contributed by atoms with Crippen molar-refractivity contribution in [3.63, 3.8) is 0 Å². The average molecular weight is 530 g/mol. The highest BCUT2D eigenvalue weighted by atomic mass is 35.5. The van der Waals surface area contributed by atoms with Crippen molar-refractivity contribution < 1.29 is 27.5 Å². The summed E-state index contributed by atoms with van der Waals surface area (Å²) in [5.41, 5.74) is 3.91. The summed E-state index contributed by atoms with van der Waals surface area (Å²) in [4.78, 5) is 23.9. The van der Waals surface area contributed by atoms with E-state index in [1.54, 1.807) is 67.6 Å². The predicted molar refractivity (Wildman–Crippen MR) is 137 cm³/mol. The van der Waals surface area contributed by atoms with Gasteiger partial charge in [0.25, 0.3) is 15.9 Å². The van der Waals surface area contributed by atoms with Crippen LogP contribution in [0.25, 0.3) is 0 Å². The zero-order chi connectivity index (χ0) is 26.1. The second-order valence-electron chi connectivity index (χ2n) is 7.48. The Labute approximate surface area is 214 Å². The molecule has 0 aliphatic carbocycles. The van der Waals surface area contributed by atoms with E-state index in [0.717, 1.165) is 4.31 Å². The Morgan fingerprint density at radius 1 is 1.06 bits per heavy atom. The van der Waals surface area contributed by atoms with Crippen LogP contribution in [0.4, 0.5) is 5.69 Å². The Hall–Kier alpha value is -3.89. The molecule has 188 valence electrons. The van der Waals surface area contributed by atoms with Gasteiger partial charge in [-0.1, -0.05) is 29.8 Å². The van der Waals surface area contributed by atoms with Gasteiger partial charge >= 0.3 is 5.97 Å². The summed E-state index contributed by atoms with van der Waals surface area (Å²) in [6.45, 7) is 0.996. The third-order valence-corrected chi connectivity index (χ3v) is 6.92. The van der Waals surface area contributed by atoms with Gasteiger partial charge in [-0.2, -0.15) is 5.10 Å². The molecule has 0 bridgehead atoms. The summed E-state index contributed by atoms with van der Waals surface area (Å²) >= 11 is 6.04. The van der Waals surface area contributed by atoms with Gasteiger partial charge in [0.1, 0.15) is 12.3 Å². The Bertz CT molecular complexity index is 1350. The lowest BCUT2D eigenvalue weighted by atomic mass is 10.2. The molecule has 3 aromatic carbocycles. The van der Waals surface area contributed by atoms with Gasteiger partial charge in [0.05, 0.1) is 23.9 Å². The van der Waals surface area contributed by atoms with Crippen LogP contribution in [0.15, 0.2) is 82.8 Å². The van der Waals surface area contributed by atoms with Crippen molar-refractivity contribution in [1.29, 1.82) is 0 Å². The van der Waals surface area contributed by atoms with Crippen molar-refractivity contribution >= 4 is 45.4 Å². The van der Waals surface area contributed by atoms with Gasteiger partial charge in [0, 0.05) is 5.02 Å². The van der Waals surface area contributed by atoms with Gasteiger partial charge in [0.2, 0.25) is 0 Å². The van der Waals surface area contributed by atoms with Gasteiger partial charge in [-0.3, -0.25) is 9.10 Å². The van der Waals surface area contributed by atoms with Gasteiger partial charge in [-0.15, -0.1) is 0 Å². The number of aryl methyl sites for hydroxylation is 1. The van der Waals surface area contributed by atoms with E-state index in [2.05, 4.69) is 15.3 Å². The number of amides is 1. The van der Waals surface area contributed by atoms with E-state index >= 15 is 0 Å². The molecule has 9 nitrogen and oxygen atoms in total. The highest BCUT2D eigenvalue weighted by Gasteiger charge is 2.28. The van der Waals surface area contributed by atoms with Gasteiger partial charge < -0.3 is 9.47 Å². The molecule has 36 heavy (non-hydrogen) atoms. The third-order valence-electron chi connectivity index (χ3n) is 4.91. The molecule has 0 spiro atoms. The summed E-state index contributed by atoms with van der Waals surface area (Å²) in [7, 11) is -2.78. The second-order valence-corrected chi connectivity index (χ2v) is 9.78. The Morgan fingerprint density at radius 2 is 1.75 bits per heavy atom. The monoisotopic (exact) mass is 529 g/mol. The SMILES string of the molecule is COC(=O)COc1ccc(/C=N\NC(=O)CN(c2ccc(Cl)cc2C)S(=O)(=O)c2ccccc2)cc1. The minimum atomic E-state index is -4.05. The highest BCUT2D eigenvalue weighted by molar-refractivity contribution is 7.92. The minimum Gasteiger partial charge on any atom is -0.482 e. The van der Waals surface area contributed by atoms with Crippen LogP contribution in [0, 0.1) is 6.92 Å². The molecule has 0 aliphatic rings. The molecule has 0 fully saturated rings. The van der Waals surface area contributed by atoms with Crippen LogP contribution in [0.5, 0.6) is 5.75 Å². The first kappa shape index (κ1) is 26.7. The van der Waals surface area contributed by atoms with Crippen molar-refractivity contribution in [3.05, 3.63) is 88.9 Å². The number of carbonyl (C=O) groups is 2. The molecule has 3 rings (SSSR count). The van der Waals surface area contributed by atoms with Crippen molar-refractivity contribution in [1.82, 2.24) is 5.43 Å². The molecular weight excluding hydrogens is 506 g/mol. The quantitative estimate of drug-likeness (QED) is 0.244. The zero-order valence-corrected chi connectivity index (χ0v) is 21.1. The second kappa shape index (κ2) is 12.2. The first-order chi connectivity index (χ1) is 17.2. The fourth-order valence-corrected chi connectivity index (χ4v) is 4.85. The topological polar surface area (TPSA) is 114 Å². The maximum absolute atomic E-state index is 13.4. The number of nitrogens with zero attached hydrogens (tertiary/aromatic N) is 2. The fraction of sp³-hybridized carbons (Fsp3) is 0.160. The number of rotatable bonds is 10. The van der Waals surface area contributed by atoms with E-state index in [1.807, 2.05) is 0 Å². The van der Waals surface area contributed by atoms with E-state index in [9.17, 15) is 18.0 Å². The molecule has 0 heterocycles. The summed E-state index contributed by atoms with van der Waals surface area (Å²) in [5.74, 6) is -0.680. The number of carbonyl (C=O) groups excluding carboxylic acids is 2. The largest absolute Gasteiger partial charge is 0.482 e. The average Bonchev–Trinajstić information content (AvgIpc) is 2.87. The number of methoxy groups -OCH3 is 1. The van der Waals surface area contributed by atoms with Crippen LogP contribution >= 0.6 is 11.6 Å². The minimum absolute atomic E-state index is 0.0464. The lowest BCUT2D eigenvalue weighted by Crippen LogP contribution is -2.40. The zero-order valence-electron chi connectivity index (χ0n) is 19.5. The molecule has 0 saturated carbocycles. The third kappa shape index (κ3) is 7.06. The van der Waals surface area contributed by atoms with Crippen LogP contribution in [0.1, 0.15) is 11.1 Å². The smallest absolute Gasteiger partial charge is 0.343 e. The summed E-state index contributed by atoms with van der Waals surface area (Å²) in [5, 5.41) is 4.36. The number of ether oxygens (including phenoxy) is 2. The summed E-state index contributed by atoms with van der Waals surface area (Å²) < 4.78 is 37.6. The van der Waals surface area contributed by atoms with Gasteiger partial charge in [-0.25, -0.2) is 18.6 Å². The van der Waals surface area contributed by atoms with Gasteiger partial charge in [-0.05, 0) is 72.6 Å². The lowest BCUT2D eigenvalue weighted by molar-refractivity contribution is -0.142. The van der Waals surface area contributed by atoms with E-state index in [0.29, 0.717) is 27.6 Å². The van der Waals surface area contributed by atoms with E-state index in [4.69, 9.17) is 16.3 Å². The normalized spacial score (nSPS) is 11.2. The molecule has 0 unspecified atom stereocenters. The maximum Gasteiger partial charge on any atom is 0.343 e. The van der Waals surface area contributed by atoms with Crippen LogP contribution in [-0.4, -0.2) is 46.8 Å². The molecule has 0 aromatic heterocycles. The Balaban J connectivity index is 1.72. The summed E-state index contributed by atoms with van der Waals surface area (Å²) in [6, 6.07) is 19.2. The maximum atomic E-state index is 13.4.